The summed E-state index contributed by atoms with van der Waals surface area (Å²) in [7, 11) is 2.75. The van der Waals surface area contributed by atoms with E-state index >= 15 is 24.0 Å². The number of primary amides is 1. The summed E-state index contributed by atoms with van der Waals surface area (Å²) in [5.41, 5.74) is 6.01. The van der Waals surface area contributed by atoms with E-state index in [9.17, 15) is 74.3 Å². The molecular formula is C81H90Cl3FN14O25. The average molecular weight is 1790 g/mol. The van der Waals surface area contributed by atoms with Crippen molar-refractivity contribution in [2.24, 2.45) is 11.7 Å². The van der Waals surface area contributed by atoms with E-state index in [1.54, 1.807) is 6.92 Å². The number of carbonyl (C=O) groups is 9. The number of halogens is 4. The quantitative estimate of drug-likeness (QED) is 0.0448. The van der Waals surface area contributed by atoms with Gasteiger partial charge in [0.15, 0.2) is 23.9 Å². The molecule has 0 radical (unpaired) electrons. The maximum absolute atomic E-state index is 16.3. The predicted octanol–water partition coefficient (Wildman–Crippen LogP) is 1.13. The number of hydrogen-bond acceptors (Lipinski definition) is 29. The highest BCUT2D eigenvalue weighted by Gasteiger charge is 2.52. The molecule has 7 aromatic rings. The number of carbonyl (C=O) groups excluding carboxylic acids is 9. The molecule has 39 nitrogen and oxygen atoms in total. The van der Waals surface area contributed by atoms with Crippen LogP contribution in [0.4, 0.5) is 10.2 Å². The van der Waals surface area contributed by atoms with Crippen molar-refractivity contribution in [3.8, 4) is 57.1 Å². The van der Waals surface area contributed by atoms with E-state index in [1.807, 2.05) is 13.8 Å². The smallest absolute Gasteiger partial charge is 0.349 e. The predicted molar refractivity (Wildman–Crippen MR) is 435 cm³/mol. The van der Waals surface area contributed by atoms with Gasteiger partial charge in [-0.2, -0.15) is 4.98 Å². The molecule has 6 aromatic carbocycles. The molecule has 0 saturated carbocycles. The topological polar surface area (TPSA) is 584 Å². The van der Waals surface area contributed by atoms with Crippen molar-refractivity contribution >= 4 is 93.8 Å². The fourth-order valence-electron chi connectivity index (χ4n) is 15.0. The number of fused-ring (bicyclic) bond motifs is 15. The van der Waals surface area contributed by atoms with Crippen LogP contribution >= 0.6 is 34.8 Å². The van der Waals surface area contributed by atoms with Crippen LogP contribution in [-0.4, -0.2) is 215 Å². The number of phenols is 3. The summed E-state index contributed by atoms with van der Waals surface area (Å²) in [4.78, 5) is 150. The number of likely N-dealkylation sites (N-methyl/N-ethyl adjacent to an activating group) is 1. The summed E-state index contributed by atoms with van der Waals surface area (Å²) in [6.45, 7) is 5.51. The molecular weight excluding hydrogens is 1690 g/mol. The minimum Gasteiger partial charge on any atom is -0.508 e. The van der Waals surface area contributed by atoms with Crippen LogP contribution in [0.15, 0.2) is 114 Å². The molecule has 11 bridgehead atoms. The number of nitrogens with zero attached hydrogens (tertiary/aromatic N) is 2. The second kappa shape index (κ2) is 38.8. The standard InChI is InChI=1S/C81H90Cl3FN14O25/c1-32(2)19-46(87-5)72(111)96-63-65(106)36-9-13-50(43(83)23-36)120-52-25-38-26-53(69(52)124-79-70(68(109)67(108)54(31-100)122-79)123-58-30-81(4,71(110)33(3)119-58)89-16-18-99-17-15-56(92-80(99)118)91-57(105)21-34-7-11-42(82)45(85)20-34)121-51-14-10-37(24-44(51)84)66(107)64-77(116)95-62(78(117)98-88-6)41-27-39(101)28-49(103)59(41)40-22-35(8-12-48(40)102)60(74(113)97-64)94-75(114)61(38)93-73(112)47(29-55(86)104)90-76(63)115/h7-15,17,20,22-28,32-33,46-47,54,58,60-68,70-71,79,87-89,100-103,106-110H,16,18-19,21,29-31H2,1-6H3,(H2,86,104)(H,90,115)(H,93,112)(H,94,114)(H,95,116)(H,96,111)(H,97,113)(H,98,117)(H,91,92,105,118). The van der Waals surface area contributed by atoms with Crippen molar-refractivity contribution in [2.45, 2.75) is 169 Å². The number of aliphatic hydroxyl groups excluding tert-OH is 6. The molecule has 124 heavy (non-hydrogen) atoms. The summed E-state index contributed by atoms with van der Waals surface area (Å²) < 4.78 is 54.7. The molecule has 14 rings (SSSR count). The summed E-state index contributed by atoms with van der Waals surface area (Å²) in [6, 6.07) is 4.87. The van der Waals surface area contributed by atoms with Gasteiger partial charge in [-0.3, -0.25) is 53.1 Å². The fraction of sp³-hybridized carbons (Fsp3) is 0.395. The van der Waals surface area contributed by atoms with E-state index in [1.165, 1.54) is 62.1 Å². The van der Waals surface area contributed by atoms with Crippen LogP contribution < -0.4 is 84.3 Å². The number of hydrazine groups is 1. The first-order chi connectivity index (χ1) is 58.8. The number of hydrogen-bond donors (Lipinski definition) is 21. The van der Waals surface area contributed by atoms with Gasteiger partial charge in [-0.05, 0) is 139 Å². The zero-order chi connectivity index (χ0) is 89.8. The van der Waals surface area contributed by atoms with E-state index < -0.39 is 259 Å². The molecule has 7 aliphatic rings. The Morgan fingerprint density at radius 2 is 1.37 bits per heavy atom. The van der Waals surface area contributed by atoms with Crippen molar-refractivity contribution in [1.82, 2.24) is 62.9 Å². The molecule has 0 spiro atoms. The summed E-state index contributed by atoms with van der Waals surface area (Å²) in [5.74, 6) is -16.8. The Balaban J connectivity index is 0.997. The first-order valence-corrected chi connectivity index (χ1v) is 39.9. The minimum absolute atomic E-state index is 0.0609. The number of ether oxygens (including phenoxy) is 6. The molecule has 0 aliphatic carbocycles. The van der Waals surface area contributed by atoms with Crippen LogP contribution in [0.25, 0.3) is 11.1 Å². The number of aromatic hydroxyl groups is 3. The van der Waals surface area contributed by atoms with Gasteiger partial charge in [0.2, 0.25) is 59.3 Å². The Kier molecular flexibility index (Phi) is 28.7. The van der Waals surface area contributed by atoms with Crippen molar-refractivity contribution in [3.63, 3.8) is 0 Å². The van der Waals surface area contributed by atoms with Crippen LogP contribution in [0.5, 0.6) is 46.0 Å². The van der Waals surface area contributed by atoms with Crippen LogP contribution in [0, 0.1) is 11.7 Å². The molecule has 1 aromatic heterocycles. The molecule has 662 valence electrons. The van der Waals surface area contributed by atoms with E-state index in [2.05, 4.69) is 63.7 Å². The second-order valence-electron chi connectivity index (χ2n) is 30.7. The third-order valence-corrected chi connectivity index (χ3v) is 22.3. The SMILES string of the molecule is CNNC(=O)C1NC(=O)C2NC(=O)C(NC(=O)C3NC(=O)C(CC(N)=O)NC(=O)C(NC(=O)C(CC(C)C)NC)C(O)c4ccc(c(Cl)c4)Oc4cc3cc(c4OC3OC(CO)C(O)C(O)C3OC3CC(C)(NCCn4ccc(NC(=O)Cc5ccc(Cl)c(F)c5)nc4=O)C(O)C(C)O3)Oc3ccc(cc3Cl)C2O)c2ccc(O)c(c2)-c2c(O)cc(O)cc21. The molecule has 22 N–H and O–H groups in total. The zero-order valence-electron chi connectivity index (χ0n) is 66.8. The van der Waals surface area contributed by atoms with Crippen molar-refractivity contribution in [3.05, 3.63) is 174 Å². The minimum atomic E-state index is -2.39. The van der Waals surface area contributed by atoms with Crippen LogP contribution in [0.3, 0.4) is 0 Å². The molecule has 7 aliphatic heterocycles. The highest BCUT2D eigenvalue weighted by atomic mass is 35.5. The first kappa shape index (κ1) is 91.7. The number of phenolic OH excluding ortho intramolecular Hbond substituents is 3. The Morgan fingerprint density at radius 1 is 0.718 bits per heavy atom. The molecule has 9 amide bonds. The first-order valence-electron chi connectivity index (χ1n) is 38.8. The third-order valence-electron chi connectivity index (χ3n) is 21.4. The van der Waals surface area contributed by atoms with E-state index in [-0.39, 0.29) is 71.6 Å². The van der Waals surface area contributed by atoms with Gasteiger partial charge in [0, 0.05) is 55.5 Å². The van der Waals surface area contributed by atoms with Crippen LogP contribution in [-0.2, 0) is 70.3 Å². The monoisotopic (exact) mass is 1780 g/mol. The van der Waals surface area contributed by atoms with E-state index in [0.29, 0.717) is 5.56 Å². The Bertz CT molecular complexity index is 5350. The number of nitrogens with two attached hydrogens (primary N) is 1. The Morgan fingerprint density at radius 3 is 2.00 bits per heavy atom. The van der Waals surface area contributed by atoms with Crippen molar-refractivity contribution in [1.29, 1.82) is 0 Å². The van der Waals surface area contributed by atoms with Gasteiger partial charge in [-0.15, -0.1) is 0 Å². The normalized spacial score (nSPS) is 26.1. The van der Waals surface area contributed by atoms with Gasteiger partial charge in [-0.1, -0.05) is 72.9 Å². The van der Waals surface area contributed by atoms with Crippen LogP contribution in [0.2, 0.25) is 15.1 Å². The second-order valence-corrected chi connectivity index (χ2v) is 31.9. The lowest BCUT2D eigenvalue weighted by molar-refractivity contribution is -0.334. The number of aliphatic hydroxyl groups is 6. The molecule has 2 fully saturated rings. The highest BCUT2D eigenvalue weighted by molar-refractivity contribution is 6.32. The highest BCUT2D eigenvalue weighted by Crippen LogP contribution is 2.50. The number of amides is 9. The van der Waals surface area contributed by atoms with Gasteiger partial charge in [0.05, 0.1) is 52.8 Å². The van der Waals surface area contributed by atoms with Gasteiger partial charge >= 0.3 is 5.69 Å². The number of anilines is 1. The van der Waals surface area contributed by atoms with E-state index in [4.69, 9.17) is 69.0 Å². The van der Waals surface area contributed by atoms with E-state index in [0.717, 1.165) is 72.8 Å². The molecule has 43 heteroatoms. The lowest BCUT2D eigenvalue weighted by Gasteiger charge is -2.48. The Labute approximate surface area is 719 Å². The van der Waals surface area contributed by atoms with Gasteiger partial charge in [0.1, 0.15) is 107 Å². The molecule has 8 heterocycles. The maximum atomic E-state index is 16.3. The third kappa shape index (κ3) is 20.5. The lowest BCUT2D eigenvalue weighted by Crippen LogP contribution is -2.65. The number of nitrogens with one attached hydrogen (secondary N) is 11. The van der Waals surface area contributed by atoms with Crippen LogP contribution in [0.1, 0.15) is 111 Å². The zero-order valence-corrected chi connectivity index (χ0v) is 69.0. The number of rotatable bonds is 21. The number of benzene rings is 6. The molecule has 2 saturated heterocycles. The largest absolute Gasteiger partial charge is 0.508 e. The fourth-order valence-corrected chi connectivity index (χ4v) is 15.6. The summed E-state index contributed by atoms with van der Waals surface area (Å²) >= 11 is 20.1. The molecule has 18 unspecified atom stereocenters. The van der Waals surface area contributed by atoms with Gasteiger partial charge in [-0.25, -0.2) is 14.6 Å². The summed E-state index contributed by atoms with van der Waals surface area (Å²) in [5, 5.41) is 129. The molecule has 18 atom stereocenters. The average Bonchev–Trinajstić information content (AvgIpc) is 0.765. The lowest BCUT2D eigenvalue weighted by atomic mass is 9.85. The van der Waals surface area contributed by atoms with Gasteiger partial charge in [0.25, 0.3) is 5.91 Å². The van der Waals surface area contributed by atoms with Crippen molar-refractivity contribution in [2.75, 3.05) is 32.6 Å². The summed E-state index contributed by atoms with van der Waals surface area (Å²) in [6.07, 6.45) is -18.5. The maximum Gasteiger partial charge on any atom is 0.349 e. The number of aromatic nitrogens is 2. The Hall–Kier alpha value is -11.5. The van der Waals surface area contributed by atoms with Gasteiger partial charge < -0.3 is 128 Å². The van der Waals surface area contributed by atoms with Crippen molar-refractivity contribution < 1.29 is 122 Å².